The molecular formula is C14H23NO3. The van der Waals surface area contributed by atoms with E-state index in [9.17, 15) is 4.79 Å². The lowest BCUT2D eigenvalue weighted by molar-refractivity contribution is -0.147. The molecule has 0 N–H and O–H groups in total. The molecule has 1 atom stereocenters. The molecule has 1 unspecified atom stereocenters. The summed E-state index contributed by atoms with van der Waals surface area (Å²) < 4.78 is 10.2. The molecule has 0 aliphatic rings. The number of hydrogen-bond donors (Lipinski definition) is 0. The highest BCUT2D eigenvalue weighted by atomic mass is 16.5. The van der Waals surface area contributed by atoms with Gasteiger partial charge in [-0.05, 0) is 25.1 Å². The van der Waals surface area contributed by atoms with E-state index in [1.165, 1.54) is 7.11 Å². The van der Waals surface area contributed by atoms with E-state index in [1.54, 1.807) is 6.26 Å². The summed E-state index contributed by atoms with van der Waals surface area (Å²) in [6.07, 6.45) is 4.58. The molecule has 0 spiro atoms. The molecule has 0 amide bonds. The topological polar surface area (TPSA) is 42.7 Å². The van der Waals surface area contributed by atoms with Gasteiger partial charge in [-0.15, -0.1) is 0 Å². The first-order valence-electron chi connectivity index (χ1n) is 6.57. The first kappa shape index (κ1) is 14.8. The van der Waals surface area contributed by atoms with Crippen LogP contribution in [0.25, 0.3) is 0 Å². The van der Waals surface area contributed by atoms with Gasteiger partial charge in [0.1, 0.15) is 11.8 Å². The number of unbranched alkanes of at least 4 members (excludes halogenated alkanes) is 1. The van der Waals surface area contributed by atoms with Crippen LogP contribution in [0.15, 0.2) is 22.8 Å². The van der Waals surface area contributed by atoms with E-state index >= 15 is 0 Å². The molecule has 0 radical (unpaired) electrons. The normalized spacial score (nSPS) is 12.7. The van der Waals surface area contributed by atoms with Crippen LogP contribution >= 0.6 is 0 Å². The Hall–Kier alpha value is -1.29. The minimum Gasteiger partial charge on any atom is -0.468 e. The molecule has 1 aromatic heterocycles. The zero-order chi connectivity index (χ0) is 13.4. The Kier molecular flexibility index (Phi) is 6.50. The van der Waals surface area contributed by atoms with Crippen molar-refractivity contribution in [3.8, 4) is 0 Å². The van der Waals surface area contributed by atoms with Gasteiger partial charge in [0, 0.05) is 0 Å². The molecule has 0 fully saturated rings. The van der Waals surface area contributed by atoms with Crippen LogP contribution in [0, 0.1) is 0 Å². The van der Waals surface area contributed by atoms with Crippen molar-refractivity contribution >= 4 is 5.97 Å². The second kappa shape index (κ2) is 7.93. The summed E-state index contributed by atoms with van der Waals surface area (Å²) in [4.78, 5) is 13.9. The van der Waals surface area contributed by atoms with E-state index in [-0.39, 0.29) is 12.0 Å². The first-order chi connectivity index (χ1) is 8.72. The Morgan fingerprint density at radius 2 is 2.28 bits per heavy atom. The van der Waals surface area contributed by atoms with Crippen molar-refractivity contribution in [3.63, 3.8) is 0 Å². The van der Waals surface area contributed by atoms with E-state index in [0.717, 1.165) is 31.6 Å². The third-order valence-corrected chi connectivity index (χ3v) is 3.09. The van der Waals surface area contributed by atoms with E-state index in [2.05, 4.69) is 11.8 Å². The van der Waals surface area contributed by atoms with Crippen LogP contribution in [0.1, 0.15) is 38.9 Å². The summed E-state index contributed by atoms with van der Waals surface area (Å²) in [7, 11) is 1.45. The molecule has 0 bridgehead atoms. The van der Waals surface area contributed by atoms with Gasteiger partial charge in [0.25, 0.3) is 0 Å². The summed E-state index contributed by atoms with van der Waals surface area (Å²) in [5.41, 5.74) is 0. The predicted octanol–water partition coefficient (Wildman–Crippen LogP) is 2.83. The third-order valence-electron chi connectivity index (χ3n) is 3.09. The number of carbonyl (C=O) groups excluding carboxylic acids is 1. The molecule has 4 nitrogen and oxygen atoms in total. The first-order valence-corrected chi connectivity index (χ1v) is 6.57. The number of likely N-dealkylation sites (N-methyl/N-ethyl adjacent to an activating group) is 1. The number of hydrogen-bond acceptors (Lipinski definition) is 4. The fourth-order valence-electron chi connectivity index (χ4n) is 2.03. The summed E-state index contributed by atoms with van der Waals surface area (Å²) in [6, 6.07) is 3.61. The molecule has 0 aliphatic heterocycles. The smallest absolute Gasteiger partial charge is 0.323 e. The zero-order valence-corrected chi connectivity index (χ0v) is 11.5. The maximum atomic E-state index is 11.9. The molecule has 0 saturated carbocycles. The monoisotopic (exact) mass is 253 g/mol. The Labute approximate surface area is 109 Å². The van der Waals surface area contributed by atoms with Gasteiger partial charge in [0.2, 0.25) is 0 Å². The predicted molar refractivity (Wildman–Crippen MR) is 70.1 cm³/mol. The number of carbonyl (C=O) groups is 1. The van der Waals surface area contributed by atoms with E-state index in [4.69, 9.17) is 9.15 Å². The van der Waals surface area contributed by atoms with Crippen molar-refractivity contribution in [2.45, 2.75) is 45.7 Å². The molecular weight excluding hydrogens is 230 g/mol. The minimum atomic E-state index is -0.176. The fourth-order valence-corrected chi connectivity index (χ4v) is 2.03. The Bertz CT molecular complexity index is 335. The second-order valence-corrected chi connectivity index (χ2v) is 4.32. The lowest BCUT2D eigenvalue weighted by atomic mass is 10.1. The Morgan fingerprint density at radius 3 is 2.78 bits per heavy atom. The summed E-state index contributed by atoms with van der Waals surface area (Å²) in [5.74, 6) is 0.721. The van der Waals surface area contributed by atoms with Crippen LogP contribution in [0.4, 0.5) is 0 Å². The zero-order valence-electron chi connectivity index (χ0n) is 11.5. The molecule has 0 saturated heterocycles. The molecule has 18 heavy (non-hydrogen) atoms. The van der Waals surface area contributed by atoms with Gasteiger partial charge in [-0.2, -0.15) is 0 Å². The van der Waals surface area contributed by atoms with Crippen molar-refractivity contribution in [1.82, 2.24) is 4.90 Å². The average Bonchev–Trinajstić information content (AvgIpc) is 2.90. The SMILES string of the molecule is CCCCC(C(=O)OC)N(CC)Cc1ccco1. The number of rotatable bonds is 8. The number of furan rings is 1. The van der Waals surface area contributed by atoms with Crippen LogP contribution in [0.3, 0.4) is 0 Å². The van der Waals surface area contributed by atoms with Gasteiger partial charge < -0.3 is 9.15 Å². The van der Waals surface area contributed by atoms with E-state index in [1.807, 2.05) is 19.1 Å². The lowest BCUT2D eigenvalue weighted by Crippen LogP contribution is -2.41. The Morgan fingerprint density at radius 1 is 1.50 bits per heavy atom. The molecule has 0 aromatic carbocycles. The Balaban J connectivity index is 2.69. The lowest BCUT2D eigenvalue weighted by Gasteiger charge is -2.27. The summed E-state index contributed by atoms with van der Waals surface area (Å²) in [6.45, 7) is 5.61. The summed E-state index contributed by atoms with van der Waals surface area (Å²) in [5, 5.41) is 0. The number of esters is 1. The van der Waals surface area contributed by atoms with Crippen LogP contribution in [0.5, 0.6) is 0 Å². The van der Waals surface area contributed by atoms with Gasteiger partial charge in [-0.25, -0.2) is 0 Å². The van der Waals surface area contributed by atoms with Gasteiger partial charge in [-0.3, -0.25) is 9.69 Å². The highest BCUT2D eigenvalue weighted by Gasteiger charge is 2.25. The maximum absolute atomic E-state index is 11.9. The summed E-state index contributed by atoms with van der Waals surface area (Å²) >= 11 is 0. The average molecular weight is 253 g/mol. The van der Waals surface area contributed by atoms with E-state index in [0.29, 0.717) is 6.54 Å². The number of methoxy groups -OCH3 is 1. The van der Waals surface area contributed by atoms with Crippen LogP contribution in [-0.4, -0.2) is 30.6 Å². The molecule has 0 aliphatic carbocycles. The number of nitrogens with zero attached hydrogens (tertiary/aromatic N) is 1. The van der Waals surface area contributed by atoms with Gasteiger partial charge in [0.15, 0.2) is 0 Å². The second-order valence-electron chi connectivity index (χ2n) is 4.32. The maximum Gasteiger partial charge on any atom is 0.323 e. The van der Waals surface area contributed by atoms with Crippen LogP contribution in [0.2, 0.25) is 0 Å². The van der Waals surface area contributed by atoms with Crippen molar-refractivity contribution < 1.29 is 13.9 Å². The molecule has 102 valence electrons. The molecule has 4 heteroatoms. The molecule has 1 heterocycles. The van der Waals surface area contributed by atoms with E-state index < -0.39 is 0 Å². The third kappa shape index (κ3) is 4.18. The van der Waals surface area contributed by atoms with Crippen molar-refractivity contribution in [2.75, 3.05) is 13.7 Å². The van der Waals surface area contributed by atoms with Crippen molar-refractivity contribution in [3.05, 3.63) is 24.2 Å². The molecule has 1 rings (SSSR count). The highest BCUT2D eigenvalue weighted by molar-refractivity contribution is 5.75. The van der Waals surface area contributed by atoms with Crippen molar-refractivity contribution in [1.29, 1.82) is 0 Å². The van der Waals surface area contributed by atoms with Gasteiger partial charge in [-0.1, -0.05) is 26.7 Å². The van der Waals surface area contributed by atoms with Crippen LogP contribution < -0.4 is 0 Å². The van der Waals surface area contributed by atoms with Gasteiger partial charge >= 0.3 is 5.97 Å². The minimum absolute atomic E-state index is 0.156. The van der Waals surface area contributed by atoms with Crippen LogP contribution in [-0.2, 0) is 16.1 Å². The standard InChI is InChI=1S/C14H23NO3/c1-4-6-9-13(14(16)17-3)15(5-2)11-12-8-7-10-18-12/h7-8,10,13H,4-6,9,11H2,1-3H3. The fraction of sp³-hybridized carbons (Fsp3) is 0.643. The largest absolute Gasteiger partial charge is 0.468 e. The highest BCUT2D eigenvalue weighted by Crippen LogP contribution is 2.15. The van der Waals surface area contributed by atoms with Crippen molar-refractivity contribution in [2.24, 2.45) is 0 Å². The van der Waals surface area contributed by atoms with Gasteiger partial charge in [0.05, 0.1) is 19.9 Å². The quantitative estimate of drug-likeness (QED) is 0.668. The molecule has 1 aromatic rings. The number of ether oxygens (including phenoxy) is 1.